The minimum atomic E-state index is -4.45. The first kappa shape index (κ1) is 17.0. The second kappa shape index (κ2) is 5.91. The quantitative estimate of drug-likeness (QED) is 0.533. The van der Waals surface area contributed by atoms with Crippen LogP contribution < -0.4 is 4.74 Å². The van der Waals surface area contributed by atoms with Crippen molar-refractivity contribution < 1.29 is 17.9 Å². The molecule has 7 nitrogen and oxygen atoms in total. The molecule has 0 amide bonds. The highest BCUT2D eigenvalue weighted by Crippen LogP contribution is 2.39. The number of nitrogens with zero attached hydrogens (tertiary/aromatic N) is 6. The molecular weight excluding hydrogens is 373 g/mol. The second-order valence-corrected chi connectivity index (χ2v) is 6.82. The van der Waals surface area contributed by atoms with E-state index in [0.29, 0.717) is 22.8 Å². The lowest BCUT2D eigenvalue weighted by Crippen LogP contribution is -2.20. The Balaban J connectivity index is 1.64. The van der Waals surface area contributed by atoms with Gasteiger partial charge in [0.25, 0.3) is 0 Å². The molecule has 0 atom stereocenters. The zero-order valence-corrected chi connectivity index (χ0v) is 14.8. The molecule has 1 fully saturated rings. The highest BCUT2D eigenvalue weighted by Gasteiger charge is 2.30. The molecule has 4 aromatic rings. The van der Waals surface area contributed by atoms with Crippen LogP contribution in [0.4, 0.5) is 13.2 Å². The van der Waals surface area contributed by atoms with Crippen molar-refractivity contribution in [3.63, 3.8) is 0 Å². The highest BCUT2D eigenvalue weighted by molar-refractivity contribution is 5.88. The smallest absolute Gasteiger partial charge is 0.422 e. The van der Waals surface area contributed by atoms with Crippen LogP contribution in [0.5, 0.6) is 5.88 Å². The second-order valence-electron chi connectivity index (χ2n) is 6.82. The van der Waals surface area contributed by atoms with Gasteiger partial charge in [0.15, 0.2) is 12.3 Å². The van der Waals surface area contributed by atoms with Crippen LogP contribution in [0.2, 0.25) is 0 Å². The van der Waals surface area contributed by atoms with Crippen LogP contribution >= 0.6 is 0 Å². The molecule has 0 saturated heterocycles. The SMILES string of the molecule is Cc1nc2ncc(-c3ccn4ncnc(OCC(F)(F)F)c34)cc2n1C1CC1. The molecule has 0 spiro atoms. The Labute approximate surface area is 156 Å². The molecular formula is C18H15F3N6O. The number of fused-ring (bicyclic) bond motifs is 2. The molecule has 4 heterocycles. The van der Waals surface area contributed by atoms with E-state index in [1.165, 1.54) is 4.52 Å². The van der Waals surface area contributed by atoms with E-state index in [-0.39, 0.29) is 5.88 Å². The lowest BCUT2D eigenvalue weighted by atomic mass is 10.1. The van der Waals surface area contributed by atoms with Gasteiger partial charge in [-0.1, -0.05) is 0 Å². The molecule has 144 valence electrons. The first-order valence-corrected chi connectivity index (χ1v) is 8.77. The van der Waals surface area contributed by atoms with Gasteiger partial charge in [-0.05, 0) is 31.9 Å². The van der Waals surface area contributed by atoms with E-state index in [1.807, 2.05) is 13.0 Å². The minimum Gasteiger partial charge on any atom is -0.466 e. The fraction of sp³-hybridized carbons (Fsp3) is 0.333. The molecule has 0 unspecified atom stereocenters. The number of aromatic nitrogens is 6. The molecule has 1 aliphatic rings. The van der Waals surface area contributed by atoms with Gasteiger partial charge in [-0.25, -0.2) is 14.5 Å². The average molecular weight is 388 g/mol. The third-order valence-electron chi connectivity index (χ3n) is 4.74. The molecule has 28 heavy (non-hydrogen) atoms. The molecule has 1 aliphatic carbocycles. The first-order valence-electron chi connectivity index (χ1n) is 8.77. The van der Waals surface area contributed by atoms with Crippen molar-refractivity contribution in [3.05, 3.63) is 36.7 Å². The number of ether oxygens (including phenoxy) is 1. The first-order chi connectivity index (χ1) is 13.4. The number of imidazole rings is 1. The molecule has 0 aliphatic heterocycles. The zero-order valence-electron chi connectivity index (χ0n) is 14.8. The van der Waals surface area contributed by atoms with Gasteiger partial charge in [-0.2, -0.15) is 23.3 Å². The number of alkyl halides is 3. The molecule has 0 aromatic carbocycles. The average Bonchev–Trinajstić information content (AvgIpc) is 3.28. The fourth-order valence-electron chi connectivity index (χ4n) is 3.45. The highest BCUT2D eigenvalue weighted by atomic mass is 19.4. The van der Waals surface area contributed by atoms with Crippen LogP contribution in [-0.2, 0) is 0 Å². The molecule has 4 aromatic heterocycles. The molecule has 10 heteroatoms. The van der Waals surface area contributed by atoms with Gasteiger partial charge in [0, 0.05) is 29.6 Å². The molecule has 0 N–H and O–H groups in total. The largest absolute Gasteiger partial charge is 0.466 e. The summed E-state index contributed by atoms with van der Waals surface area (Å²) in [7, 11) is 0. The van der Waals surface area contributed by atoms with Gasteiger partial charge in [0.05, 0.1) is 5.52 Å². The van der Waals surface area contributed by atoms with E-state index < -0.39 is 12.8 Å². The summed E-state index contributed by atoms with van der Waals surface area (Å²) in [6.07, 6.45) is 2.23. The number of aryl methyl sites for hydroxylation is 1. The summed E-state index contributed by atoms with van der Waals surface area (Å²) < 4.78 is 46.3. The monoisotopic (exact) mass is 388 g/mol. The standard InChI is InChI=1S/C18H15F3N6O/c1-10-25-16-14(27(10)12-2-3-12)6-11(7-22-16)13-4-5-26-15(13)17(23-9-24-26)28-8-18(19,20)21/h4-7,9,12H,2-3,8H2,1H3. The van der Waals surface area contributed by atoms with Crippen LogP contribution in [0.25, 0.3) is 27.8 Å². The van der Waals surface area contributed by atoms with Crippen LogP contribution in [0.1, 0.15) is 24.7 Å². The Morgan fingerprint density at radius 1 is 1.25 bits per heavy atom. The molecule has 0 radical (unpaired) electrons. The summed E-state index contributed by atoms with van der Waals surface area (Å²) in [5.74, 6) is 0.778. The lowest BCUT2D eigenvalue weighted by molar-refractivity contribution is -0.153. The van der Waals surface area contributed by atoms with E-state index in [4.69, 9.17) is 4.74 Å². The Hall–Kier alpha value is -3.17. The van der Waals surface area contributed by atoms with E-state index in [0.717, 1.165) is 36.1 Å². The van der Waals surface area contributed by atoms with Crippen LogP contribution in [-0.4, -0.2) is 41.9 Å². The van der Waals surface area contributed by atoms with Gasteiger partial charge < -0.3 is 9.30 Å². The third-order valence-corrected chi connectivity index (χ3v) is 4.74. The van der Waals surface area contributed by atoms with Crippen LogP contribution in [0, 0.1) is 6.92 Å². The fourth-order valence-corrected chi connectivity index (χ4v) is 3.45. The van der Waals surface area contributed by atoms with Gasteiger partial charge in [0.1, 0.15) is 17.7 Å². The van der Waals surface area contributed by atoms with Gasteiger partial charge in [0.2, 0.25) is 5.88 Å². The summed E-state index contributed by atoms with van der Waals surface area (Å²) in [5, 5.41) is 4.06. The van der Waals surface area contributed by atoms with E-state index >= 15 is 0 Å². The van der Waals surface area contributed by atoms with Gasteiger partial charge >= 0.3 is 6.18 Å². The van der Waals surface area contributed by atoms with Crippen molar-refractivity contribution in [3.8, 4) is 17.0 Å². The van der Waals surface area contributed by atoms with E-state index in [1.54, 1.807) is 18.5 Å². The number of hydrogen-bond acceptors (Lipinski definition) is 5. The molecule has 1 saturated carbocycles. The number of pyridine rings is 1. The molecule has 0 bridgehead atoms. The van der Waals surface area contributed by atoms with E-state index in [2.05, 4.69) is 24.6 Å². The summed E-state index contributed by atoms with van der Waals surface area (Å²) >= 11 is 0. The Kier molecular flexibility index (Phi) is 3.58. The van der Waals surface area contributed by atoms with Crippen LogP contribution in [0.3, 0.4) is 0 Å². The van der Waals surface area contributed by atoms with Gasteiger partial charge in [-0.15, -0.1) is 0 Å². The topological polar surface area (TPSA) is 70.1 Å². The number of rotatable bonds is 4. The summed E-state index contributed by atoms with van der Waals surface area (Å²) in [5.41, 5.74) is 3.31. The van der Waals surface area contributed by atoms with Crippen molar-refractivity contribution in [1.82, 2.24) is 29.1 Å². The minimum absolute atomic E-state index is 0.126. The third kappa shape index (κ3) is 2.85. The van der Waals surface area contributed by atoms with Gasteiger partial charge in [-0.3, -0.25) is 0 Å². The predicted molar refractivity (Wildman–Crippen MR) is 94.1 cm³/mol. The van der Waals surface area contributed by atoms with Crippen molar-refractivity contribution in [2.24, 2.45) is 0 Å². The van der Waals surface area contributed by atoms with Crippen molar-refractivity contribution >= 4 is 16.7 Å². The zero-order chi connectivity index (χ0) is 19.5. The molecule has 5 rings (SSSR count). The van der Waals surface area contributed by atoms with Crippen molar-refractivity contribution in [2.45, 2.75) is 32.0 Å². The summed E-state index contributed by atoms with van der Waals surface area (Å²) in [6.45, 7) is 0.527. The maximum Gasteiger partial charge on any atom is 0.422 e. The number of hydrogen-bond donors (Lipinski definition) is 0. The normalized spacial score (nSPS) is 14.9. The van der Waals surface area contributed by atoms with Crippen LogP contribution in [0.15, 0.2) is 30.9 Å². The maximum atomic E-state index is 12.6. The van der Waals surface area contributed by atoms with Crippen molar-refractivity contribution in [2.75, 3.05) is 6.61 Å². The Morgan fingerprint density at radius 3 is 2.82 bits per heavy atom. The Bertz CT molecular complexity index is 1190. The Morgan fingerprint density at radius 2 is 2.07 bits per heavy atom. The summed E-state index contributed by atoms with van der Waals surface area (Å²) in [6, 6.07) is 4.15. The maximum absolute atomic E-state index is 12.6. The number of halogens is 3. The summed E-state index contributed by atoms with van der Waals surface area (Å²) in [4.78, 5) is 12.9. The lowest BCUT2D eigenvalue weighted by Gasteiger charge is -2.10. The van der Waals surface area contributed by atoms with E-state index in [9.17, 15) is 13.2 Å². The predicted octanol–water partition coefficient (Wildman–Crippen LogP) is 3.73. The van der Waals surface area contributed by atoms with Crippen molar-refractivity contribution in [1.29, 1.82) is 0 Å².